The second kappa shape index (κ2) is 10.3. The van der Waals surface area contributed by atoms with Gasteiger partial charge < -0.3 is 10.1 Å². The molecule has 1 amide bonds. The highest BCUT2D eigenvalue weighted by atomic mass is 32.2. The van der Waals surface area contributed by atoms with Gasteiger partial charge in [-0.25, -0.2) is 9.97 Å². The lowest BCUT2D eigenvalue weighted by Gasteiger charge is -2.17. The minimum absolute atomic E-state index is 0.124. The number of ether oxygens (including phenoxy) is 1. The SMILES string of the molecule is CCC(Sc1nc2c(cc1C#N)CCCCCC2)C(=O)Nc1nc2ccc(OC)cc2s1. The highest BCUT2D eigenvalue weighted by molar-refractivity contribution is 8.00. The van der Waals surface area contributed by atoms with Crippen molar-refractivity contribution < 1.29 is 9.53 Å². The van der Waals surface area contributed by atoms with Gasteiger partial charge in [0.25, 0.3) is 0 Å². The number of aromatic nitrogens is 2. The molecule has 166 valence electrons. The van der Waals surface area contributed by atoms with E-state index in [2.05, 4.69) is 16.4 Å². The zero-order valence-corrected chi connectivity index (χ0v) is 19.9. The number of nitriles is 1. The number of amides is 1. The van der Waals surface area contributed by atoms with Crippen molar-refractivity contribution in [1.82, 2.24) is 9.97 Å². The van der Waals surface area contributed by atoms with Crippen LogP contribution in [0.2, 0.25) is 0 Å². The fourth-order valence-electron chi connectivity index (χ4n) is 3.87. The van der Waals surface area contributed by atoms with Gasteiger partial charge in [0.1, 0.15) is 16.8 Å². The minimum atomic E-state index is -0.359. The molecule has 2 heterocycles. The first-order chi connectivity index (χ1) is 15.6. The first-order valence-electron chi connectivity index (χ1n) is 11.0. The number of aryl methyl sites for hydroxylation is 2. The maximum absolute atomic E-state index is 13.0. The Hall–Kier alpha value is -2.63. The number of rotatable bonds is 6. The summed E-state index contributed by atoms with van der Waals surface area (Å²) in [6, 6.07) is 9.93. The van der Waals surface area contributed by atoms with Gasteiger partial charge in [0.05, 0.1) is 28.1 Å². The fraction of sp³-hybridized carbons (Fsp3) is 0.417. The van der Waals surface area contributed by atoms with Gasteiger partial charge in [0, 0.05) is 5.69 Å². The van der Waals surface area contributed by atoms with E-state index >= 15 is 0 Å². The van der Waals surface area contributed by atoms with Gasteiger partial charge in [-0.1, -0.05) is 42.9 Å². The van der Waals surface area contributed by atoms with Crippen LogP contribution < -0.4 is 10.1 Å². The lowest BCUT2D eigenvalue weighted by atomic mass is 9.96. The van der Waals surface area contributed by atoms with Crippen LogP contribution in [-0.4, -0.2) is 28.2 Å². The van der Waals surface area contributed by atoms with Crippen LogP contribution in [0.25, 0.3) is 10.2 Å². The lowest BCUT2D eigenvalue weighted by molar-refractivity contribution is -0.115. The molecule has 0 spiro atoms. The van der Waals surface area contributed by atoms with Crippen molar-refractivity contribution in [2.75, 3.05) is 12.4 Å². The first kappa shape index (κ1) is 22.6. The van der Waals surface area contributed by atoms with Crippen LogP contribution in [0.5, 0.6) is 5.75 Å². The van der Waals surface area contributed by atoms with Crippen molar-refractivity contribution >= 4 is 44.4 Å². The predicted octanol–water partition coefficient (Wildman–Crippen LogP) is 5.74. The Morgan fingerprint density at radius 2 is 2.06 bits per heavy atom. The molecule has 6 nitrogen and oxygen atoms in total. The molecule has 0 fully saturated rings. The average Bonchev–Trinajstić information content (AvgIpc) is 3.19. The van der Waals surface area contributed by atoms with E-state index in [1.54, 1.807) is 7.11 Å². The Kier molecular flexibility index (Phi) is 7.28. The van der Waals surface area contributed by atoms with Gasteiger partial charge in [0.2, 0.25) is 5.91 Å². The molecule has 0 bridgehead atoms. The van der Waals surface area contributed by atoms with Crippen LogP contribution in [0.15, 0.2) is 29.3 Å². The number of thiazole rings is 1. The van der Waals surface area contributed by atoms with E-state index in [0.717, 1.165) is 47.3 Å². The van der Waals surface area contributed by atoms with E-state index in [9.17, 15) is 10.1 Å². The molecule has 1 unspecified atom stereocenters. The second-order valence-corrected chi connectivity index (χ2v) is 10.1. The summed E-state index contributed by atoms with van der Waals surface area (Å²) in [6.07, 6.45) is 7.25. The van der Waals surface area contributed by atoms with E-state index in [4.69, 9.17) is 9.72 Å². The monoisotopic (exact) mass is 466 g/mol. The van der Waals surface area contributed by atoms with Crippen LogP contribution in [0.3, 0.4) is 0 Å². The van der Waals surface area contributed by atoms with Crippen LogP contribution in [0, 0.1) is 11.3 Å². The van der Waals surface area contributed by atoms with Crippen molar-refractivity contribution in [2.45, 2.75) is 62.1 Å². The molecule has 8 heteroatoms. The van der Waals surface area contributed by atoms with Gasteiger partial charge >= 0.3 is 0 Å². The molecule has 32 heavy (non-hydrogen) atoms. The van der Waals surface area contributed by atoms with E-state index in [0.29, 0.717) is 22.1 Å². The van der Waals surface area contributed by atoms with Crippen LogP contribution in [0.4, 0.5) is 5.13 Å². The molecule has 0 saturated heterocycles. The third kappa shape index (κ3) is 5.05. The number of thioether (sulfide) groups is 1. The molecule has 1 aliphatic rings. The molecule has 4 rings (SSSR count). The number of pyridine rings is 1. The highest BCUT2D eigenvalue weighted by Gasteiger charge is 2.23. The van der Waals surface area contributed by atoms with Gasteiger partial charge in [-0.05, 0) is 61.9 Å². The van der Waals surface area contributed by atoms with E-state index in [-0.39, 0.29) is 11.2 Å². The summed E-state index contributed by atoms with van der Waals surface area (Å²) in [4.78, 5) is 22.4. The van der Waals surface area contributed by atoms with Crippen molar-refractivity contribution in [2.24, 2.45) is 0 Å². The molecule has 2 aromatic heterocycles. The lowest BCUT2D eigenvalue weighted by Crippen LogP contribution is -2.24. The number of carbonyl (C=O) groups excluding carboxylic acids is 1. The average molecular weight is 467 g/mol. The number of benzene rings is 1. The zero-order valence-electron chi connectivity index (χ0n) is 18.3. The number of nitrogens with zero attached hydrogens (tertiary/aromatic N) is 3. The molecule has 0 aliphatic heterocycles. The van der Waals surface area contributed by atoms with E-state index in [1.165, 1.54) is 41.5 Å². The Balaban J connectivity index is 1.53. The van der Waals surface area contributed by atoms with Crippen LogP contribution in [-0.2, 0) is 17.6 Å². The molecule has 3 aromatic rings. The summed E-state index contributed by atoms with van der Waals surface area (Å²) in [6.45, 7) is 1.97. The topological polar surface area (TPSA) is 87.9 Å². The molecule has 0 saturated carbocycles. The van der Waals surface area contributed by atoms with Crippen LogP contribution >= 0.6 is 23.1 Å². The number of hydrogen-bond acceptors (Lipinski definition) is 7. The fourth-order valence-corrected chi connectivity index (χ4v) is 5.76. The molecule has 1 aromatic carbocycles. The largest absolute Gasteiger partial charge is 0.497 e. The summed E-state index contributed by atoms with van der Waals surface area (Å²) in [7, 11) is 1.63. The molecular formula is C24H26N4O2S2. The number of fused-ring (bicyclic) bond motifs is 2. The maximum atomic E-state index is 13.0. The van der Waals surface area contributed by atoms with E-state index in [1.807, 2.05) is 31.2 Å². The van der Waals surface area contributed by atoms with Gasteiger partial charge in [-0.3, -0.25) is 4.79 Å². The zero-order chi connectivity index (χ0) is 22.5. The highest BCUT2D eigenvalue weighted by Crippen LogP contribution is 2.33. The third-order valence-electron chi connectivity index (χ3n) is 5.63. The summed E-state index contributed by atoms with van der Waals surface area (Å²) >= 11 is 2.80. The Morgan fingerprint density at radius 3 is 2.81 bits per heavy atom. The third-order valence-corrected chi connectivity index (χ3v) is 7.93. The van der Waals surface area contributed by atoms with Crippen LogP contribution in [0.1, 0.15) is 55.8 Å². The molecule has 0 radical (unpaired) electrons. The van der Waals surface area contributed by atoms with E-state index < -0.39 is 0 Å². The number of carbonyl (C=O) groups is 1. The van der Waals surface area contributed by atoms with Gasteiger partial charge in [-0.15, -0.1) is 0 Å². The standard InChI is InChI=1S/C24H26N4O2S2/c1-3-20(22(29)28-24-27-19-11-10-17(30-2)13-21(19)32-24)31-23-16(14-25)12-15-8-6-4-5-7-9-18(15)26-23/h10-13,20H,3-9H2,1-2H3,(H,27,28,29). The quantitative estimate of drug-likeness (QED) is 0.466. The Bertz CT molecular complexity index is 1170. The Labute approximate surface area is 196 Å². The number of methoxy groups -OCH3 is 1. The summed E-state index contributed by atoms with van der Waals surface area (Å²) in [5.41, 5.74) is 3.66. The molecular weight excluding hydrogens is 440 g/mol. The summed E-state index contributed by atoms with van der Waals surface area (Å²) in [5, 5.41) is 13.5. The van der Waals surface area contributed by atoms with Gasteiger partial charge in [-0.2, -0.15) is 5.26 Å². The number of anilines is 1. The minimum Gasteiger partial charge on any atom is -0.497 e. The molecule has 1 atom stereocenters. The second-order valence-electron chi connectivity index (χ2n) is 7.83. The number of nitrogens with one attached hydrogen (secondary N) is 1. The maximum Gasteiger partial charge on any atom is 0.239 e. The van der Waals surface area contributed by atoms with Crippen molar-refractivity contribution in [3.8, 4) is 11.8 Å². The molecule has 1 N–H and O–H groups in total. The van der Waals surface area contributed by atoms with Gasteiger partial charge in [0.15, 0.2) is 5.13 Å². The Morgan fingerprint density at radius 1 is 1.25 bits per heavy atom. The smallest absolute Gasteiger partial charge is 0.239 e. The summed E-state index contributed by atoms with van der Waals surface area (Å²) in [5.74, 6) is 0.635. The van der Waals surface area contributed by atoms with Crippen molar-refractivity contribution in [1.29, 1.82) is 5.26 Å². The number of hydrogen-bond donors (Lipinski definition) is 1. The van der Waals surface area contributed by atoms with Crippen molar-refractivity contribution in [3.63, 3.8) is 0 Å². The first-order valence-corrected chi connectivity index (χ1v) is 12.7. The summed E-state index contributed by atoms with van der Waals surface area (Å²) < 4.78 is 6.22. The molecule has 1 aliphatic carbocycles. The normalized spacial score (nSPS) is 14.7. The van der Waals surface area contributed by atoms with Crippen molar-refractivity contribution in [3.05, 3.63) is 41.1 Å². The predicted molar refractivity (Wildman–Crippen MR) is 130 cm³/mol.